The van der Waals surface area contributed by atoms with Crippen LogP contribution in [0.1, 0.15) is 19.3 Å². The predicted molar refractivity (Wildman–Crippen MR) is 79.4 cm³/mol. The quantitative estimate of drug-likeness (QED) is 0.672. The fraction of sp³-hybridized carbons (Fsp3) is 0.538. The van der Waals surface area contributed by atoms with Gasteiger partial charge in [-0.05, 0) is 47.7 Å². The summed E-state index contributed by atoms with van der Waals surface area (Å²) in [6, 6.07) is 2.48. The van der Waals surface area contributed by atoms with E-state index in [9.17, 15) is 14.5 Å². The Morgan fingerprint density at radius 2 is 2.30 bits per heavy atom. The molecule has 0 aromatic heterocycles. The van der Waals surface area contributed by atoms with Crippen LogP contribution in [0, 0.1) is 21.8 Å². The zero-order chi connectivity index (χ0) is 14.7. The Kier molecular flexibility index (Phi) is 4.93. The van der Waals surface area contributed by atoms with Gasteiger partial charge in [-0.25, -0.2) is 4.39 Å². The molecule has 0 amide bonds. The highest BCUT2D eigenvalue weighted by molar-refractivity contribution is 9.10. The highest BCUT2D eigenvalue weighted by Gasteiger charge is 2.26. The molecule has 1 aromatic carbocycles. The number of hydrogen-bond acceptors (Lipinski definition) is 4. The van der Waals surface area contributed by atoms with Crippen molar-refractivity contribution in [2.75, 3.05) is 24.5 Å². The van der Waals surface area contributed by atoms with Gasteiger partial charge in [0, 0.05) is 25.2 Å². The zero-order valence-electron chi connectivity index (χ0n) is 11.0. The van der Waals surface area contributed by atoms with Gasteiger partial charge in [-0.1, -0.05) is 0 Å². The molecular formula is C13H17BrFN3O2. The van der Waals surface area contributed by atoms with Crippen molar-refractivity contribution in [2.45, 2.75) is 19.3 Å². The second-order valence-electron chi connectivity index (χ2n) is 5.04. The summed E-state index contributed by atoms with van der Waals surface area (Å²) < 4.78 is 13.8. The number of nitro benzene ring substituents is 1. The summed E-state index contributed by atoms with van der Waals surface area (Å²) in [4.78, 5) is 12.6. The standard InChI is InChI=1S/C13H17BrFN3O2/c14-10-6-13(18(19)20)12(7-11(10)15)17-5-1-2-9(8-17)3-4-16/h6-7,9H,1-5,8,16H2. The molecule has 0 spiro atoms. The van der Waals surface area contributed by atoms with Crippen molar-refractivity contribution in [1.29, 1.82) is 0 Å². The van der Waals surface area contributed by atoms with E-state index in [1.54, 1.807) is 0 Å². The van der Waals surface area contributed by atoms with Crippen LogP contribution in [0.15, 0.2) is 16.6 Å². The summed E-state index contributed by atoms with van der Waals surface area (Å²) in [6.45, 7) is 2.01. The van der Waals surface area contributed by atoms with Gasteiger partial charge in [-0.3, -0.25) is 10.1 Å². The number of nitrogens with two attached hydrogens (primary N) is 1. The molecule has 1 aliphatic heterocycles. The Labute approximate surface area is 125 Å². The SMILES string of the molecule is NCCC1CCCN(c2cc(F)c(Br)cc2[N+](=O)[O-])C1. The van der Waals surface area contributed by atoms with Crippen molar-refractivity contribution < 1.29 is 9.31 Å². The molecular weight excluding hydrogens is 329 g/mol. The molecule has 1 unspecified atom stereocenters. The van der Waals surface area contributed by atoms with Crippen LogP contribution < -0.4 is 10.6 Å². The number of nitrogens with zero attached hydrogens (tertiary/aromatic N) is 2. The number of benzene rings is 1. The van der Waals surface area contributed by atoms with Crippen LogP contribution in [0.25, 0.3) is 0 Å². The van der Waals surface area contributed by atoms with Gasteiger partial charge in [0.15, 0.2) is 0 Å². The number of anilines is 1. The molecule has 1 atom stereocenters. The van der Waals surface area contributed by atoms with Crippen molar-refractivity contribution >= 4 is 27.3 Å². The van der Waals surface area contributed by atoms with E-state index in [2.05, 4.69) is 15.9 Å². The van der Waals surface area contributed by atoms with E-state index in [1.165, 1.54) is 12.1 Å². The first kappa shape index (κ1) is 15.2. The molecule has 2 N–H and O–H groups in total. The van der Waals surface area contributed by atoms with Gasteiger partial charge in [0.2, 0.25) is 0 Å². The van der Waals surface area contributed by atoms with Crippen molar-refractivity contribution in [2.24, 2.45) is 11.7 Å². The molecule has 5 nitrogen and oxygen atoms in total. The van der Waals surface area contributed by atoms with E-state index in [0.29, 0.717) is 31.2 Å². The molecule has 1 aliphatic rings. The Hall–Kier alpha value is -1.21. The molecule has 0 saturated carbocycles. The first-order valence-corrected chi connectivity index (χ1v) is 7.40. The number of hydrogen-bond donors (Lipinski definition) is 1. The third-order valence-electron chi connectivity index (χ3n) is 3.65. The van der Waals surface area contributed by atoms with Crippen LogP contribution in [0.5, 0.6) is 0 Å². The van der Waals surface area contributed by atoms with Crippen molar-refractivity contribution in [3.63, 3.8) is 0 Å². The van der Waals surface area contributed by atoms with Crippen LogP contribution in [0.2, 0.25) is 0 Å². The normalized spacial score (nSPS) is 19.1. The molecule has 1 fully saturated rings. The lowest BCUT2D eigenvalue weighted by atomic mass is 9.94. The van der Waals surface area contributed by atoms with Gasteiger partial charge in [0.1, 0.15) is 11.5 Å². The second kappa shape index (κ2) is 6.49. The lowest BCUT2D eigenvalue weighted by Crippen LogP contribution is -2.36. The van der Waals surface area contributed by atoms with Crippen LogP contribution in [0.3, 0.4) is 0 Å². The molecule has 1 saturated heterocycles. The second-order valence-corrected chi connectivity index (χ2v) is 5.90. The first-order chi connectivity index (χ1) is 9.52. The molecule has 0 radical (unpaired) electrons. The molecule has 0 bridgehead atoms. The van der Waals surface area contributed by atoms with Gasteiger partial charge in [-0.2, -0.15) is 0 Å². The van der Waals surface area contributed by atoms with Gasteiger partial charge < -0.3 is 10.6 Å². The maximum absolute atomic E-state index is 13.7. The lowest BCUT2D eigenvalue weighted by molar-refractivity contribution is -0.384. The molecule has 0 aliphatic carbocycles. The monoisotopic (exact) mass is 345 g/mol. The van der Waals surface area contributed by atoms with E-state index >= 15 is 0 Å². The van der Waals surface area contributed by atoms with E-state index in [1.807, 2.05) is 4.90 Å². The Bertz CT molecular complexity index is 511. The van der Waals surface area contributed by atoms with E-state index in [-0.39, 0.29) is 10.2 Å². The third kappa shape index (κ3) is 3.27. The van der Waals surface area contributed by atoms with Crippen LogP contribution in [-0.2, 0) is 0 Å². The minimum atomic E-state index is -0.480. The number of rotatable bonds is 4. The highest BCUT2D eigenvalue weighted by atomic mass is 79.9. The van der Waals surface area contributed by atoms with Gasteiger partial charge >= 0.3 is 0 Å². The summed E-state index contributed by atoms with van der Waals surface area (Å²) in [5.74, 6) is -0.0633. The van der Waals surface area contributed by atoms with Crippen LogP contribution in [-0.4, -0.2) is 24.6 Å². The third-order valence-corrected chi connectivity index (χ3v) is 4.26. The number of halogens is 2. The smallest absolute Gasteiger partial charge is 0.293 e. The molecule has 20 heavy (non-hydrogen) atoms. The molecule has 1 aromatic rings. The maximum Gasteiger partial charge on any atom is 0.293 e. The molecule has 1 heterocycles. The lowest BCUT2D eigenvalue weighted by Gasteiger charge is -2.34. The molecule has 110 valence electrons. The van der Waals surface area contributed by atoms with Crippen molar-refractivity contribution in [3.8, 4) is 0 Å². The summed E-state index contributed by atoms with van der Waals surface area (Å²) in [6.07, 6.45) is 2.91. The van der Waals surface area contributed by atoms with E-state index < -0.39 is 10.7 Å². The van der Waals surface area contributed by atoms with Crippen LogP contribution in [0.4, 0.5) is 15.8 Å². The summed E-state index contributed by atoms with van der Waals surface area (Å²) in [5, 5.41) is 11.2. The van der Waals surface area contributed by atoms with Crippen LogP contribution >= 0.6 is 15.9 Å². The van der Waals surface area contributed by atoms with E-state index in [0.717, 1.165) is 19.3 Å². The highest BCUT2D eigenvalue weighted by Crippen LogP contribution is 2.35. The minimum Gasteiger partial charge on any atom is -0.366 e. The summed E-state index contributed by atoms with van der Waals surface area (Å²) in [5.41, 5.74) is 5.87. The van der Waals surface area contributed by atoms with Gasteiger partial charge in [-0.15, -0.1) is 0 Å². The van der Waals surface area contributed by atoms with Gasteiger partial charge in [0.25, 0.3) is 5.69 Å². The average molecular weight is 346 g/mol. The summed E-state index contributed by atoms with van der Waals surface area (Å²) >= 11 is 2.99. The Balaban J connectivity index is 2.31. The first-order valence-electron chi connectivity index (χ1n) is 6.61. The predicted octanol–water partition coefficient (Wildman–Crippen LogP) is 3.06. The number of piperidine rings is 1. The zero-order valence-corrected chi connectivity index (χ0v) is 12.6. The Morgan fingerprint density at radius 3 is 2.95 bits per heavy atom. The maximum atomic E-state index is 13.7. The largest absolute Gasteiger partial charge is 0.366 e. The van der Waals surface area contributed by atoms with Gasteiger partial charge in [0.05, 0.1) is 9.40 Å². The average Bonchev–Trinajstić information content (AvgIpc) is 2.42. The molecule has 7 heteroatoms. The Morgan fingerprint density at radius 1 is 1.55 bits per heavy atom. The minimum absolute atomic E-state index is 0.0633. The topological polar surface area (TPSA) is 72.4 Å². The molecule has 2 rings (SSSR count). The van der Waals surface area contributed by atoms with Crippen molar-refractivity contribution in [1.82, 2.24) is 0 Å². The fourth-order valence-electron chi connectivity index (χ4n) is 2.68. The summed E-state index contributed by atoms with van der Waals surface area (Å²) in [7, 11) is 0. The number of nitro groups is 1. The fourth-order valence-corrected chi connectivity index (χ4v) is 3.01. The van der Waals surface area contributed by atoms with Crippen molar-refractivity contribution in [3.05, 3.63) is 32.5 Å². The van der Waals surface area contributed by atoms with E-state index in [4.69, 9.17) is 5.73 Å².